The summed E-state index contributed by atoms with van der Waals surface area (Å²) >= 11 is 1.62. The highest BCUT2D eigenvalue weighted by Gasteiger charge is 2.40. The quantitative estimate of drug-likeness (QED) is 0.831. The molecule has 28 heavy (non-hydrogen) atoms. The van der Waals surface area contributed by atoms with Crippen LogP contribution in [0.5, 0.6) is 0 Å². The lowest BCUT2D eigenvalue weighted by atomic mass is 9.95. The molecule has 3 fully saturated rings. The molecule has 1 aromatic heterocycles. The van der Waals surface area contributed by atoms with E-state index < -0.39 is 0 Å². The first-order chi connectivity index (χ1) is 13.7. The highest BCUT2D eigenvalue weighted by molar-refractivity contribution is 8.00. The molecule has 5 nitrogen and oxygen atoms in total. The van der Waals surface area contributed by atoms with Crippen molar-refractivity contribution in [1.82, 2.24) is 10.2 Å². The van der Waals surface area contributed by atoms with Crippen LogP contribution in [-0.2, 0) is 11.3 Å². The van der Waals surface area contributed by atoms with Crippen LogP contribution in [0.3, 0.4) is 0 Å². The van der Waals surface area contributed by atoms with Crippen LogP contribution in [0.2, 0.25) is 0 Å². The van der Waals surface area contributed by atoms with Gasteiger partial charge in [-0.25, -0.2) is 0 Å². The van der Waals surface area contributed by atoms with Crippen LogP contribution >= 0.6 is 11.8 Å². The van der Waals surface area contributed by atoms with Gasteiger partial charge in [0.2, 0.25) is 5.91 Å². The monoisotopic (exact) mass is 396 g/mol. The molecule has 2 aliphatic carbocycles. The Hall–Kier alpha value is -2.21. The van der Waals surface area contributed by atoms with E-state index in [9.17, 15) is 9.59 Å². The molecule has 2 heterocycles. The molecule has 2 amide bonds. The topological polar surface area (TPSA) is 62.6 Å². The normalized spacial score (nSPS) is 28.9. The van der Waals surface area contributed by atoms with E-state index in [2.05, 4.69) is 5.32 Å². The fraction of sp³-hybridized carbons (Fsp3) is 0.455. The van der Waals surface area contributed by atoms with Crippen LogP contribution in [0.25, 0.3) is 0 Å². The summed E-state index contributed by atoms with van der Waals surface area (Å²) in [5, 5.41) is 3.20. The maximum Gasteiger partial charge on any atom is 0.251 e. The minimum absolute atomic E-state index is 0.0201. The zero-order chi connectivity index (χ0) is 19.1. The molecular formula is C22H24N2O3S. The van der Waals surface area contributed by atoms with Crippen molar-refractivity contribution in [1.29, 1.82) is 0 Å². The maximum atomic E-state index is 12.6. The van der Waals surface area contributed by atoms with Crippen LogP contribution in [0.4, 0.5) is 0 Å². The molecule has 5 rings (SSSR count). The van der Waals surface area contributed by atoms with E-state index in [0.717, 1.165) is 23.7 Å². The minimum atomic E-state index is -0.0414. The van der Waals surface area contributed by atoms with Crippen molar-refractivity contribution in [2.24, 2.45) is 11.8 Å². The molecule has 3 aliphatic rings. The van der Waals surface area contributed by atoms with E-state index in [-0.39, 0.29) is 17.2 Å². The predicted octanol–water partition coefficient (Wildman–Crippen LogP) is 3.97. The Kier molecular flexibility index (Phi) is 4.67. The number of thioether (sulfide) groups is 1. The molecule has 0 unspecified atom stereocenters. The van der Waals surface area contributed by atoms with Gasteiger partial charge in [-0.3, -0.25) is 9.59 Å². The van der Waals surface area contributed by atoms with Gasteiger partial charge in [0, 0.05) is 11.6 Å². The van der Waals surface area contributed by atoms with Crippen LogP contribution in [0.1, 0.15) is 52.7 Å². The van der Waals surface area contributed by atoms with E-state index in [0.29, 0.717) is 29.8 Å². The largest absolute Gasteiger partial charge is 0.467 e. The van der Waals surface area contributed by atoms with Crippen LogP contribution in [0, 0.1) is 11.8 Å². The highest BCUT2D eigenvalue weighted by atomic mass is 32.2. The molecule has 1 aliphatic heterocycles. The third-order valence-corrected chi connectivity index (χ3v) is 7.64. The number of rotatable bonds is 5. The smallest absolute Gasteiger partial charge is 0.251 e. The second-order valence-electron chi connectivity index (χ2n) is 8.14. The van der Waals surface area contributed by atoms with Crippen LogP contribution < -0.4 is 5.32 Å². The molecule has 6 heteroatoms. The molecule has 4 atom stereocenters. The van der Waals surface area contributed by atoms with Gasteiger partial charge in [-0.1, -0.05) is 18.6 Å². The van der Waals surface area contributed by atoms with Gasteiger partial charge < -0.3 is 14.6 Å². The molecule has 0 radical (unpaired) electrons. The maximum absolute atomic E-state index is 12.6. The Morgan fingerprint density at radius 1 is 1.18 bits per heavy atom. The van der Waals surface area contributed by atoms with Gasteiger partial charge in [0.1, 0.15) is 11.1 Å². The zero-order valence-corrected chi connectivity index (χ0v) is 16.5. The Labute approximate surface area is 168 Å². The number of nitrogens with one attached hydrogen (secondary N) is 1. The summed E-state index contributed by atoms with van der Waals surface area (Å²) in [6, 6.07) is 11.8. The molecule has 2 saturated carbocycles. The first-order valence-corrected chi connectivity index (χ1v) is 11.1. The summed E-state index contributed by atoms with van der Waals surface area (Å²) in [6.45, 7) is 0.468. The molecular weight excluding hydrogens is 372 g/mol. The summed E-state index contributed by atoms with van der Waals surface area (Å²) in [7, 11) is 0. The van der Waals surface area contributed by atoms with Gasteiger partial charge in [0.25, 0.3) is 5.91 Å². The molecule has 0 spiro atoms. The summed E-state index contributed by atoms with van der Waals surface area (Å²) in [5.41, 5.74) is 1.73. The lowest BCUT2D eigenvalue weighted by Crippen LogP contribution is -2.38. The standard InChI is InChI=1S/C22H24N2O3S/c25-20-13-28-22(24(20)12-18-2-1-9-27-18)16-7-5-15(6-8-16)21(26)23-19-11-14-3-4-17(19)10-14/h1-2,5-9,14,17,19,22H,3-4,10-13H2,(H,23,26)/t14-,17-,19+,22-/m1/s1. The molecule has 146 valence electrons. The molecule has 1 N–H and O–H groups in total. The van der Waals surface area contributed by atoms with Crippen molar-refractivity contribution in [2.75, 3.05) is 5.75 Å². The fourth-order valence-corrected chi connectivity index (χ4v) is 6.13. The van der Waals surface area contributed by atoms with E-state index in [1.807, 2.05) is 41.3 Å². The molecule has 2 bridgehead atoms. The average Bonchev–Trinajstić information content (AvgIpc) is 3.49. The number of benzene rings is 1. The van der Waals surface area contributed by atoms with E-state index in [4.69, 9.17) is 4.42 Å². The zero-order valence-electron chi connectivity index (χ0n) is 15.7. The Morgan fingerprint density at radius 2 is 2.04 bits per heavy atom. The molecule has 2 aromatic rings. The van der Waals surface area contributed by atoms with Crippen molar-refractivity contribution < 1.29 is 14.0 Å². The third-order valence-electron chi connectivity index (χ3n) is 6.39. The number of hydrogen-bond acceptors (Lipinski definition) is 4. The Morgan fingerprint density at radius 3 is 2.71 bits per heavy atom. The van der Waals surface area contributed by atoms with Crippen LogP contribution in [-0.4, -0.2) is 28.5 Å². The number of fused-ring (bicyclic) bond motifs is 2. The summed E-state index contributed by atoms with van der Waals surface area (Å²) in [5.74, 6) is 2.87. The predicted molar refractivity (Wildman–Crippen MR) is 108 cm³/mol. The van der Waals surface area contributed by atoms with E-state index in [1.165, 1.54) is 19.3 Å². The van der Waals surface area contributed by atoms with Gasteiger partial charge >= 0.3 is 0 Å². The van der Waals surface area contributed by atoms with Gasteiger partial charge in [-0.15, -0.1) is 11.8 Å². The Balaban J connectivity index is 1.26. The fourth-order valence-electron chi connectivity index (χ4n) is 4.94. The number of hydrogen-bond donors (Lipinski definition) is 1. The number of furan rings is 1. The SMILES string of the molecule is O=C(N[C@H]1C[C@@H]2CC[C@@H]1C2)c1ccc([C@H]2SCC(=O)N2Cc2ccco2)cc1. The first kappa shape index (κ1) is 17.9. The number of carbonyl (C=O) groups excluding carboxylic acids is 2. The van der Waals surface area contributed by atoms with E-state index >= 15 is 0 Å². The van der Waals surface area contributed by atoms with Crippen molar-refractivity contribution in [3.05, 3.63) is 59.5 Å². The Bertz CT molecular complexity index is 864. The minimum Gasteiger partial charge on any atom is -0.467 e. The van der Waals surface area contributed by atoms with Crippen molar-refractivity contribution in [2.45, 2.75) is 43.6 Å². The van der Waals surface area contributed by atoms with Gasteiger partial charge in [0.05, 0.1) is 18.6 Å². The van der Waals surface area contributed by atoms with Gasteiger partial charge in [-0.05, 0) is 60.9 Å². The molecule has 1 saturated heterocycles. The summed E-state index contributed by atoms with van der Waals surface area (Å²) in [6.07, 6.45) is 6.63. The highest BCUT2D eigenvalue weighted by Crippen LogP contribution is 2.44. The van der Waals surface area contributed by atoms with Gasteiger partial charge in [-0.2, -0.15) is 0 Å². The number of amides is 2. The average molecular weight is 397 g/mol. The van der Waals surface area contributed by atoms with Crippen LogP contribution in [0.15, 0.2) is 47.1 Å². The summed E-state index contributed by atoms with van der Waals surface area (Å²) < 4.78 is 5.41. The first-order valence-electron chi connectivity index (χ1n) is 10.0. The lowest BCUT2D eigenvalue weighted by Gasteiger charge is -2.24. The molecule has 1 aromatic carbocycles. The number of nitrogens with zero attached hydrogens (tertiary/aromatic N) is 1. The van der Waals surface area contributed by atoms with E-state index in [1.54, 1.807) is 18.0 Å². The van der Waals surface area contributed by atoms with Crippen molar-refractivity contribution in [3.8, 4) is 0 Å². The number of carbonyl (C=O) groups is 2. The van der Waals surface area contributed by atoms with Crippen molar-refractivity contribution >= 4 is 23.6 Å². The third kappa shape index (κ3) is 3.34. The second kappa shape index (κ2) is 7.32. The second-order valence-corrected chi connectivity index (χ2v) is 9.21. The van der Waals surface area contributed by atoms with Crippen molar-refractivity contribution in [3.63, 3.8) is 0 Å². The lowest BCUT2D eigenvalue weighted by molar-refractivity contribution is -0.128. The summed E-state index contributed by atoms with van der Waals surface area (Å²) in [4.78, 5) is 26.8. The van der Waals surface area contributed by atoms with Gasteiger partial charge in [0.15, 0.2) is 0 Å².